The summed E-state index contributed by atoms with van der Waals surface area (Å²) >= 11 is 3.04. The number of halogens is 5. The second-order valence-corrected chi connectivity index (χ2v) is 5.42. The molecule has 0 radical (unpaired) electrons. The van der Waals surface area contributed by atoms with Crippen LogP contribution in [0.15, 0.2) is 22.7 Å². The molecule has 0 heterocycles. The second kappa shape index (κ2) is 8.22. The van der Waals surface area contributed by atoms with Crippen molar-refractivity contribution in [2.24, 2.45) is 5.73 Å². The molecule has 116 valence electrons. The van der Waals surface area contributed by atoms with Crippen LogP contribution in [0.5, 0.6) is 0 Å². The molecule has 1 aromatic rings. The number of aliphatic hydroxyl groups is 1. The molecule has 7 heteroatoms. The van der Waals surface area contributed by atoms with E-state index in [9.17, 15) is 18.3 Å². The van der Waals surface area contributed by atoms with Gasteiger partial charge in [0.05, 0.1) is 17.7 Å². The largest absolute Gasteiger partial charge is 0.416 e. The van der Waals surface area contributed by atoms with Gasteiger partial charge in [0.15, 0.2) is 0 Å². The lowest BCUT2D eigenvalue weighted by molar-refractivity contribution is -0.137. The topological polar surface area (TPSA) is 46.2 Å². The van der Waals surface area contributed by atoms with Crippen LogP contribution in [0.3, 0.4) is 0 Å². The molecule has 3 N–H and O–H groups in total. The summed E-state index contributed by atoms with van der Waals surface area (Å²) in [7, 11) is 0. The number of aliphatic hydroxyl groups excluding tert-OH is 1. The molecule has 0 aliphatic rings. The number of unbranched alkanes of at least 4 members (excludes halogenated alkanes) is 1. The average molecular weight is 377 g/mol. The zero-order valence-corrected chi connectivity index (χ0v) is 13.4. The third-order valence-corrected chi connectivity index (χ3v) is 3.36. The van der Waals surface area contributed by atoms with Crippen LogP contribution in [0.1, 0.15) is 43.4 Å². The molecule has 20 heavy (non-hydrogen) atoms. The highest BCUT2D eigenvalue weighted by Gasteiger charge is 2.32. The van der Waals surface area contributed by atoms with Crippen LogP contribution in [0, 0.1) is 0 Å². The highest BCUT2D eigenvalue weighted by atomic mass is 79.9. The Morgan fingerprint density at radius 2 is 1.90 bits per heavy atom. The Morgan fingerprint density at radius 1 is 1.30 bits per heavy atom. The summed E-state index contributed by atoms with van der Waals surface area (Å²) in [4.78, 5) is 0. The first-order chi connectivity index (χ1) is 8.75. The predicted octanol–water partition coefficient (Wildman–Crippen LogP) is 4.44. The standard InChI is InChI=1S/C13H17BrF3NO.ClH/c1-2-3-4-11(19)12(18)8-5-9(13(15,16)17)7-10(14)6-8;/h5-7,11-12,19H,2-4,18H2,1H3;1H/t11-,12+;/m0./s1. The Kier molecular flexibility index (Phi) is 8.09. The Bertz CT molecular complexity index is 429. The van der Waals surface area contributed by atoms with Gasteiger partial charge in [-0.1, -0.05) is 35.7 Å². The van der Waals surface area contributed by atoms with Crippen LogP contribution >= 0.6 is 28.3 Å². The maximum Gasteiger partial charge on any atom is 0.416 e. The molecule has 0 spiro atoms. The SMILES string of the molecule is CCCC[C@H](O)[C@H](N)c1cc(Br)cc(C(F)(F)F)c1.Cl. The molecule has 0 unspecified atom stereocenters. The van der Waals surface area contributed by atoms with E-state index in [4.69, 9.17) is 5.73 Å². The van der Waals surface area contributed by atoms with Crippen molar-refractivity contribution in [3.8, 4) is 0 Å². The highest BCUT2D eigenvalue weighted by Crippen LogP contribution is 2.33. The molecule has 0 saturated heterocycles. The van der Waals surface area contributed by atoms with Gasteiger partial charge in [0, 0.05) is 4.47 Å². The fourth-order valence-electron chi connectivity index (χ4n) is 1.78. The molecule has 0 aromatic heterocycles. The first-order valence-corrected chi connectivity index (χ1v) is 6.86. The number of benzene rings is 1. The molecule has 1 rings (SSSR count). The van der Waals surface area contributed by atoms with Crippen LogP contribution in [-0.4, -0.2) is 11.2 Å². The summed E-state index contributed by atoms with van der Waals surface area (Å²) < 4.78 is 38.4. The van der Waals surface area contributed by atoms with Gasteiger partial charge in [-0.15, -0.1) is 12.4 Å². The number of hydrogen-bond acceptors (Lipinski definition) is 2. The fraction of sp³-hybridized carbons (Fsp3) is 0.538. The van der Waals surface area contributed by atoms with Crippen molar-refractivity contribution in [2.75, 3.05) is 0 Å². The molecule has 2 atom stereocenters. The molecule has 0 fully saturated rings. The minimum atomic E-state index is -4.42. The van der Waals surface area contributed by atoms with Crippen LogP contribution in [0.25, 0.3) is 0 Å². The van der Waals surface area contributed by atoms with Crippen molar-refractivity contribution in [3.05, 3.63) is 33.8 Å². The van der Waals surface area contributed by atoms with Crippen molar-refractivity contribution in [1.29, 1.82) is 0 Å². The maximum atomic E-state index is 12.7. The molecule has 2 nitrogen and oxygen atoms in total. The maximum absolute atomic E-state index is 12.7. The van der Waals surface area contributed by atoms with E-state index in [2.05, 4.69) is 15.9 Å². The summed E-state index contributed by atoms with van der Waals surface area (Å²) in [6, 6.07) is 2.68. The minimum absolute atomic E-state index is 0. The normalized spacial score (nSPS) is 14.6. The van der Waals surface area contributed by atoms with Crippen molar-refractivity contribution in [2.45, 2.75) is 44.5 Å². The van der Waals surface area contributed by atoms with E-state index in [-0.39, 0.29) is 18.0 Å². The molecular weight excluding hydrogens is 358 g/mol. The van der Waals surface area contributed by atoms with Crippen LogP contribution in [0.2, 0.25) is 0 Å². The average Bonchev–Trinajstić information content (AvgIpc) is 2.33. The fourth-order valence-corrected chi connectivity index (χ4v) is 2.29. The van der Waals surface area contributed by atoms with Gasteiger partial charge in [-0.05, 0) is 30.2 Å². The lowest BCUT2D eigenvalue weighted by Crippen LogP contribution is -2.26. The zero-order chi connectivity index (χ0) is 14.6. The third kappa shape index (κ3) is 5.60. The monoisotopic (exact) mass is 375 g/mol. The molecule has 1 aromatic carbocycles. The van der Waals surface area contributed by atoms with Gasteiger partial charge in [-0.25, -0.2) is 0 Å². The quantitative estimate of drug-likeness (QED) is 0.798. The first kappa shape index (κ1) is 19.7. The zero-order valence-electron chi connectivity index (χ0n) is 11.0. The Hall–Kier alpha value is -0.300. The predicted molar refractivity (Wildman–Crippen MR) is 78.9 cm³/mol. The first-order valence-electron chi connectivity index (χ1n) is 6.07. The lowest BCUT2D eigenvalue weighted by atomic mass is 9.97. The lowest BCUT2D eigenvalue weighted by Gasteiger charge is -2.20. The smallest absolute Gasteiger partial charge is 0.391 e. The molecule has 0 bridgehead atoms. The molecule has 0 saturated carbocycles. The Labute approximate surface area is 131 Å². The number of rotatable bonds is 5. The molecular formula is C13H18BrClF3NO. The van der Waals surface area contributed by atoms with Crippen molar-refractivity contribution < 1.29 is 18.3 Å². The van der Waals surface area contributed by atoms with Crippen LogP contribution in [0.4, 0.5) is 13.2 Å². The van der Waals surface area contributed by atoms with Gasteiger partial charge in [0.2, 0.25) is 0 Å². The highest BCUT2D eigenvalue weighted by molar-refractivity contribution is 9.10. The van der Waals surface area contributed by atoms with Gasteiger partial charge < -0.3 is 10.8 Å². The summed E-state index contributed by atoms with van der Waals surface area (Å²) in [5.74, 6) is 0. The van der Waals surface area contributed by atoms with Crippen LogP contribution in [-0.2, 0) is 6.18 Å². The van der Waals surface area contributed by atoms with Crippen molar-refractivity contribution in [3.63, 3.8) is 0 Å². The summed E-state index contributed by atoms with van der Waals surface area (Å²) in [6.45, 7) is 1.97. The molecule has 0 amide bonds. The summed E-state index contributed by atoms with van der Waals surface area (Å²) in [6.07, 6.45) is -3.10. The number of alkyl halides is 3. The molecule has 0 aliphatic carbocycles. The van der Waals surface area contributed by atoms with E-state index < -0.39 is 23.9 Å². The van der Waals surface area contributed by atoms with Gasteiger partial charge in [0.1, 0.15) is 0 Å². The van der Waals surface area contributed by atoms with Crippen LogP contribution < -0.4 is 5.73 Å². The molecule has 0 aliphatic heterocycles. The summed E-state index contributed by atoms with van der Waals surface area (Å²) in [5, 5.41) is 9.87. The Balaban J connectivity index is 0.00000361. The van der Waals surface area contributed by atoms with E-state index in [1.54, 1.807) is 0 Å². The van der Waals surface area contributed by atoms with Crippen molar-refractivity contribution >= 4 is 28.3 Å². The van der Waals surface area contributed by atoms with Gasteiger partial charge >= 0.3 is 6.18 Å². The number of hydrogen-bond donors (Lipinski definition) is 2. The van der Waals surface area contributed by atoms with Gasteiger partial charge in [-0.2, -0.15) is 13.2 Å². The Morgan fingerprint density at radius 3 is 2.40 bits per heavy atom. The van der Waals surface area contributed by atoms with E-state index >= 15 is 0 Å². The number of nitrogens with two attached hydrogens (primary N) is 1. The second-order valence-electron chi connectivity index (χ2n) is 4.51. The third-order valence-electron chi connectivity index (χ3n) is 2.90. The minimum Gasteiger partial charge on any atom is -0.391 e. The van der Waals surface area contributed by atoms with E-state index in [1.165, 1.54) is 6.07 Å². The van der Waals surface area contributed by atoms with Crippen molar-refractivity contribution in [1.82, 2.24) is 0 Å². The van der Waals surface area contributed by atoms with E-state index in [1.807, 2.05) is 6.92 Å². The van der Waals surface area contributed by atoms with E-state index in [0.717, 1.165) is 25.0 Å². The van der Waals surface area contributed by atoms with Gasteiger partial charge in [0.25, 0.3) is 0 Å². The summed E-state index contributed by atoms with van der Waals surface area (Å²) in [5.41, 5.74) is 5.34. The van der Waals surface area contributed by atoms with E-state index in [0.29, 0.717) is 10.9 Å². The van der Waals surface area contributed by atoms with Gasteiger partial charge in [-0.3, -0.25) is 0 Å².